The SMILES string of the molecule is Cc1cc([N+](=O)[O-])nn1CCNC(=O)c1ccccc1Br. The molecule has 1 aromatic carbocycles. The third-order valence-electron chi connectivity index (χ3n) is 2.88. The monoisotopic (exact) mass is 352 g/mol. The molecule has 0 aliphatic heterocycles. The van der Waals surface area contributed by atoms with Crippen LogP contribution in [-0.4, -0.2) is 27.2 Å². The fourth-order valence-electron chi connectivity index (χ4n) is 1.82. The van der Waals surface area contributed by atoms with Gasteiger partial charge in [-0.25, -0.2) is 0 Å². The standard InChI is InChI=1S/C13H13BrN4O3/c1-9-8-12(18(20)21)16-17(9)7-6-15-13(19)10-4-2-3-5-11(10)14/h2-5,8H,6-7H2,1H3,(H,15,19). The zero-order valence-electron chi connectivity index (χ0n) is 11.2. The first kappa shape index (κ1) is 15.2. The molecule has 0 atom stereocenters. The Morgan fingerprint density at radius 3 is 2.81 bits per heavy atom. The summed E-state index contributed by atoms with van der Waals surface area (Å²) < 4.78 is 2.21. The second kappa shape index (κ2) is 6.49. The van der Waals surface area contributed by atoms with Crippen molar-refractivity contribution in [2.45, 2.75) is 13.5 Å². The number of nitrogens with zero attached hydrogens (tertiary/aromatic N) is 3. The molecule has 1 amide bonds. The minimum Gasteiger partial charge on any atom is -0.358 e. The molecule has 0 radical (unpaired) electrons. The number of nitro groups is 1. The molecule has 21 heavy (non-hydrogen) atoms. The van der Waals surface area contributed by atoms with E-state index >= 15 is 0 Å². The fraction of sp³-hybridized carbons (Fsp3) is 0.231. The summed E-state index contributed by atoms with van der Waals surface area (Å²) in [5.74, 6) is -0.397. The molecule has 0 saturated heterocycles. The summed E-state index contributed by atoms with van der Waals surface area (Å²) in [6.07, 6.45) is 0. The normalized spacial score (nSPS) is 10.4. The van der Waals surface area contributed by atoms with Crippen molar-refractivity contribution in [3.63, 3.8) is 0 Å². The number of carbonyl (C=O) groups is 1. The van der Waals surface area contributed by atoms with Gasteiger partial charge in [-0.1, -0.05) is 12.1 Å². The van der Waals surface area contributed by atoms with Gasteiger partial charge >= 0.3 is 5.82 Å². The molecule has 7 nitrogen and oxygen atoms in total. The summed E-state index contributed by atoms with van der Waals surface area (Å²) in [7, 11) is 0. The Kier molecular flexibility index (Phi) is 4.69. The summed E-state index contributed by atoms with van der Waals surface area (Å²) in [5, 5.41) is 17.2. The van der Waals surface area contributed by atoms with Crippen LogP contribution in [0.3, 0.4) is 0 Å². The van der Waals surface area contributed by atoms with E-state index in [1.807, 2.05) is 6.07 Å². The minimum absolute atomic E-state index is 0.190. The molecule has 1 N–H and O–H groups in total. The number of carbonyl (C=O) groups excluding carboxylic acids is 1. The number of rotatable bonds is 5. The van der Waals surface area contributed by atoms with Crippen molar-refractivity contribution in [3.8, 4) is 0 Å². The molecule has 8 heteroatoms. The number of aromatic nitrogens is 2. The molecule has 0 aliphatic carbocycles. The van der Waals surface area contributed by atoms with E-state index in [0.29, 0.717) is 28.8 Å². The van der Waals surface area contributed by atoms with Gasteiger partial charge in [-0.3, -0.25) is 4.79 Å². The van der Waals surface area contributed by atoms with Gasteiger partial charge in [0.25, 0.3) is 5.91 Å². The number of hydrogen-bond acceptors (Lipinski definition) is 4. The third kappa shape index (κ3) is 3.66. The van der Waals surface area contributed by atoms with E-state index in [2.05, 4.69) is 26.3 Å². The van der Waals surface area contributed by atoms with Gasteiger partial charge in [0.15, 0.2) is 0 Å². The Hall–Kier alpha value is -2.22. The van der Waals surface area contributed by atoms with Gasteiger partial charge in [0, 0.05) is 11.0 Å². The van der Waals surface area contributed by atoms with E-state index in [0.717, 1.165) is 0 Å². The molecule has 2 rings (SSSR count). The predicted octanol–water partition coefficient (Wildman–Crippen LogP) is 2.29. The molecule has 0 spiro atoms. The van der Waals surface area contributed by atoms with Gasteiger partial charge in [0.05, 0.1) is 29.0 Å². The number of aryl methyl sites for hydroxylation is 1. The quantitative estimate of drug-likeness (QED) is 0.660. The smallest absolute Gasteiger partial charge is 0.358 e. The van der Waals surface area contributed by atoms with Crippen LogP contribution in [0.4, 0.5) is 5.82 Å². The van der Waals surface area contributed by atoms with Crippen molar-refractivity contribution < 1.29 is 9.72 Å². The number of hydrogen-bond donors (Lipinski definition) is 1. The Labute approximate surface area is 129 Å². The van der Waals surface area contributed by atoms with Crippen molar-refractivity contribution in [2.75, 3.05) is 6.54 Å². The number of nitrogens with one attached hydrogen (secondary N) is 1. The van der Waals surface area contributed by atoms with Crippen LogP contribution >= 0.6 is 15.9 Å². The Morgan fingerprint density at radius 1 is 1.48 bits per heavy atom. The number of amides is 1. The Balaban J connectivity index is 1.94. The molecule has 0 saturated carbocycles. The van der Waals surface area contributed by atoms with E-state index in [9.17, 15) is 14.9 Å². The molecule has 0 unspecified atom stereocenters. The summed E-state index contributed by atoms with van der Waals surface area (Å²) in [6.45, 7) is 2.44. The lowest BCUT2D eigenvalue weighted by Crippen LogP contribution is -2.28. The van der Waals surface area contributed by atoms with Crippen LogP contribution < -0.4 is 5.32 Å². The summed E-state index contributed by atoms with van der Waals surface area (Å²) in [6, 6.07) is 8.50. The first-order chi connectivity index (χ1) is 9.99. The summed E-state index contributed by atoms with van der Waals surface area (Å²) in [4.78, 5) is 22.1. The lowest BCUT2D eigenvalue weighted by Gasteiger charge is -2.06. The average molecular weight is 353 g/mol. The Bertz CT molecular complexity index is 684. The van der Waals surface area contributed by atoms with Crippen molar-refractivity contribution in [1.82, 2.24) is 15.1 Å². The van der Waals surface area contributed by atoms with E-state index in [-0.39, 0.29) is 11.7 Å². The molecule has 0 fully saturated rings. The lowest BCUT2D eigenvalue weighted by atomic mass is 10.2. The second-order valence-electron chi connectivity index (χ2n) is 4.36. The highest BCUT2D eigenvalue weighted by Gasteiger charge is 2.15. The highest BCUT2D eigenvalue weighted by atomic mass is 79.9. The van der Waals surface area contributed by atoms with Crippen LogP contribution in [0.25, 0.3) is 0 Å². The van der Waals surface area contributed by atoms with Crippen LogP contribution in [0.15, 0.2) is 34.8 Å². The topological polar surface area (TPSA) is 90.1 Å². The molecule has 2 aromatic rings. The highest BCUT2D eigenvalue weighted by molar-refractivity contribution is 9.10. The van der Waals surface area contributed by atoms with Crippen LogP contribution in [0.2, 0.25) is 0 Å². The van der Waals surface area contributed by atoms with E-state index < -0.39 is 4.92 Å². The van der Waals surface area contributed by atoms with Gasteiger partial charge in [-0.2, -0.15) is 4.68 Å². The first-order valence-corrected chi connectivity index (χ1v) is 7.00. The predicted molar refractivity (Wildman–Crippen MR) is 80.1 cm³/mol. The van der Waals surface area contributed by atoms with Crippen molar-refractivity contribution in [1.29, 1.82) is 0 Å². The first-order valence-electron chi connectivity index (χ1n) is 6.20. The fourth-order valence-corrected chi connectivity index (χ4v) is 2.29. The zero-order chi connectivity index (χ0) is 15.4. The van der Waals surface area contributed by atoms with Crippen LogP contribution in [0, 0.1) is 17.0 Å². The Morgan fingerprint density at radius 2 is 2.19 bits per heavy atom. The van der Waals surface area contributed by atoms with Crippen molar-refractivity contribution in [2.24, 2.45) is 0 Å². The van der Waals surface area contributed by atoms with Crippen LogP contribution in [0.1, 0.15) is 16.1 Å². The minimum atomic E-state index is -0.539. The molecule has 0 aliphatic rings. The highest BCUT2D eigenvalue weighted by Crippen LogP contribution is 2.15. The zero-order valence-corrected chi connectivity index (χ0v) is 12.8. The molecule has 1 aromatic heterocycles. The van der Waals surface area contributed by atoms with Crippen LogP contribution in [0.5, 0.6) is 0 Å². The maximum absolute atomic E-state index is 12.0. The summed E-state index contributed by atoms with van der Waals surface area (Å²) in [5.41, 5.74) is 1.22. The average Bonchev–Trinajstić information content (AvgIpc) is 2.81. The van der Waals surface area contributed by atoms with E-state index in [4.69, 9.17) is 0 Å². The molecular weight excluding hydrogens is 340 g/mol. The van der Waals surface area contributed by atoms with E-state index in [1.165, 1.54) is 10.7 Å². The molecule has 1 heterocycles. The largest absolute Gasteiger partial charge is 0.390 e. The van der Waals surface area contributed by atoms with Crippen LogP contribution in [-0.2, 0) is 6.54 Å². The molecule has 0 bridgehead atoms. The van der Waals surface area contributed by atoms with Gasteiger partial charge < -0.3 is 15.4 Å². The van der Waals surface area contributed by atoms with Crippen molar-refractivity contribution in [3.05, 3.63) is 56.2 Å². The maximum Gasteiger partial charge on any atom is 0.390 e. The summed E-state index contributed by atoms with van der Waals surface area (Å²) >= 11 is 3.31. The third-order valence-corrected chi connectivity index (χ3v) is 3.57. The number of halogens is 1. The second-order valence-corrected chi connectivity index (χ2v) is 5.21. The van der Waals surface area contributed by atoms with Gasteiger partial charge in [0.1, 0.15) is 0 Å². The molecular formula is C13H13BrN4O3. The van der Waals surface area contributed by atoms with Gasteiger partial charge in [-0.05, 0) is 39.9 Å². The van der Waals surface area contributed by atoms with Gasteiger partial charge in [0.2, 0.25) is 0 Å². The van der Waals surface area contributed by atoms with Gasteiger partial charge in [-0.15, -0.1) is 0 Å². The van der Waals surface area contributed by atoms with Crippen molar-refractivity contribution >= 4 is 27.7 Å². The maximum atomic E-state index is 12.0. The lowest BCUT2D eigenvalue weighted by molar-refractivity contribution is -0.389. The van der Waals surface area contributed by atoms with E-state index in [1.54, 1.807) is 25.1 Å². The number of benzene rings is 1. The molecule has 110 valence electrons.